The molecule has 3 N–H and O–H groups in total. The van der Waals surface area contributed by atoms with Gasteiger partial charge in [0.15, 0.2) is 5.65 Å². The number of carbonyl (C=O) groups excluding carboxylic acids is 1. The summed E-state index contributed by atoms with van der Waals surface area (Å²) in [5.74, 6) is -0.147. The maximum absolute atomic E-state index is 12.7. The van der Waals surface area contributed by atoms with Gasteiger partial charge in [0.05, 0.1) is 18.3 Å². The van der Waals surface area contributed by atoms with Crippen LogP contribution >= 0.6 is 0 Å². The van der Waals surface area contributed by atoms with Crippen molar-refractivity contribution in [2.45, 2.75) is 51.3 Å². The smallest absolute Gasteiger partial charge is 0.251 e. The second-order valence-electron chi connectivity index (χ2n) is 7.37. The van der Waals surface area contributed by atoms with Crippen LogP contribution in [0.1, 0.15) is 47.2 Å². The molecule has 2 heterocycles. The van der Waals surface area contributed by atoms with Gasteiger partial charge >= 0.3 is 0 Å². The van der Waals surface area contributed by atoms with E-state index >= 15 is 0 Å². The van der Waals surface area contributed by atoms with Crippen LogP contribution in [0.5, 0.6) is 0 Å². The molecule has 1 aliphatic carbocycles. The molecule has 0 saturated heterocycles. The zero-order valence-electron chi connectivity index (χ0n) is 15.9. The van der Waals surface area contributed by atoms with Gasteiger partial charge in [-0.3, -0.25) is 4.79 Å². The van der Waals surface area contributed by atoms with E-state index in [0.717, 1.165) is 48.1 Å². The second-order valence-corrected chi connectivity index (χ2v) is 7.37. The van der Waals surface area contributed by atoms with E-state index in [1.807, 2.05) is 37.4 Å². The maximum atomic E-state index is 12.7. The molecule has 7 heteroatoms. The van der Waals surface area contributed by atoms with E-state index in [1.54, 1.807) is 16.9 Å². The Labute approximate surface area is 163 Å². The van der Waals surface area contributed by atoms with Gasteiger partial charge in [0.25, 0.3) is 5.91 Å². The van der Waals surface area contributed by atoms with Crippen LogP contribution in [-0.4, -0.2) is 37.8 Å². The first-order chi connectivity index (χ1) is 13.6. The molecule has 0 unspecified atom stereocenters. The minimum atomic E-state index is -0.455. The third-order valence-electron chi connectivity index (χ3n) is 5.37. The predicted molar refractivity (Wildman–Crippen MR) is 107 cm³/mol. The Morgan fingerprint density at radius 1 is 1.32 bits per heavy atom. The molecule has 0 bridgehead atoms. The molecule has 0 aliphatic heterocycles. The zero-order valence-corrected chi connectivity index (χ0v) is 15.9. The molecule has 4 rings (SSSR count). The number of aliphatic hydroxyl groups excluding tert-OH is 1. The summed E-state index contributed by atoms with van der Waals surface area (Å²) in [4.78, 5) is 17.0. The fourth-order valence-electron chi connectivity index (χ4n) is 3.68. The van der Waals surface area contributed by atoms with Gasteiger partial charge in [0, 0.05) is 35.8 Å². The molecule has 146 valence electrons. The average molecular weight is 379 g/mol. The molecule has 28 heavy (non-hydrogen) atoms. The number of benzene rings is 1. The summed E-state index contributed by atoms with van der Waals surface area (Å²) >= 11 is 0. The van der Waals surface area contributed by atoms with Crippen LogP contribution in [0.2, 0.25) is 0 Å². The Balaban J connectivity index is 1.46. The van der Waals surface area contributed by atoms with E-state index in [2.05, 4.69) is 20.7 Å². The average Bonchev–Trinajstić information content (AvgIpc) is 3.12. The lowest BCUT2D eigenvalue weighted by Gasteiger charge is -2.28. The van der Waals surface area contributed by atoms with Crippen molar-refractivity contribution in [2.24, 2.45) is 0 Å². The number of carbonyl (C=O) groups is 1. The molecular formula is C21H25N5O2. The number of amides is 1. The Hall–Kier alpha value is -2.93. The van der Waals surface area contributed by atoms with E-state index in [9.17, 15) is 9.90 Å². The van der Waals surface area contributed by atoms with Gasteiger partial charge in [0.2, 0.25) is 0 Å². The summed E-state index contributed by atoms with van der Waals surface area (Å²) in [6, 6.07) is 7.29. The maximum Gasteiger partial charge on any atom is 0.251 e. The zero-order chi connectivity index (χ0) is 19.5. The molecule has 7 nitrogen and oxygen atoms in total. The van der Waals surface area contributed by atoms with Crippen LogP contribution in [0.3, 0.4) is 0 Å². The molecular weight excluding hydrogens is 354 g/mol. The Morgan fingerprint density at radius 3 is 3.04 bits per heavy atom. The van der Waals surface area contributed by atoms with Crippen molar-refractivity contribution in [2.75, 3.05) is 5.32 Å². The Morgan fingerprint density at radius 2 is 2.18 bits per heavy atom. The second kappa shape index (κ2) is 7.98. The van der Waals surface area contributed by atoms with Gasteiger partial charge in [-0.25, -0.2) is 9.50 Å². The third-order valence-corrected chi connectivity index (χ3v) is 5.37. The quantitative estimate of drug-likeness (QED) is 0.634. The summed E-state index contributed by atoms with van der Waals surface area (Å²) in [7, 11) is 0. The monoisotopic (exact) mass is 379 g/mol. The molecule has 0 spiro atoms. The lowest BCUT2D eigenvalue weighted by atomic mass is 9.92. The fourth-order valence-corrected chi connectivity index (χ4v) is 3.68. The van der Waals surface area contributed by atoms with Gasteiger partial charge in [0.1, 0.15) is 0 Å². The van der Waals surface area contributed by atoms with E-state index < -0.39 is 6.10 Å². The first-order valence-corrected chi connectivity index (χ1v) is 9.72. The molecule has 0 radical (unpaired) electrons. The highest BCUT2D eigenvalue weighted by Gasteiger charge is 2.25. The minimum Gasteiger partial charge on any atom is -0.391 e. The standard InChI is InChI=1S/C21H25N5O2/c1-14-7-8-15(21(28)25-17-5-2-3-6-19(17)27)11-18(14)23-12-16-13-24-26-10-4-9-22-20(16)26/h4,7-11,13,17,19,23,27H,2-3,5-6,12H2,1H3,(H,25,28)/t17-,19-/m0/s1. The number of nitrogens with zero attached hydrogens (tertiary/aromatic N) is 3. The highest BCUT2D eigenvalue weighted by molar-refractivity contribution is 5.95. The topological polar surface area (TPSA) is 91.5 Å². The van der Waals surface area contributed by atoms with Crippen molar-refractivity contribution in [3.8, 4) is 0 Å². The van der Waals surface area contributed by atoms with Crippen molar-refractivity contribution >= 4 is 17.2 Å². The normalized spacial score (nSPS) is 19.5. The van der Waals surface area contributed by atoms with E-state index in [-0.39, 0.29) is 11.9 Å². The lowest BCUT2D eigenvalue weighted by Crippen LogP contribution is -2.45. The molecule has 1 fully saturated rings. The van der Waals surface area contributed by atoms with Gasteiger partial charge in [-0.1, -0.05) is 18.9 Å². The summed E-state index contributed by atoms with van der Waals surface area (Å²) in [5, 5.41) is 20.8. The number of hydrogen-bond donors (Lipinski definition) is 3. The van der Waals surface area contributed by atoms with E-state index in [0.29, 0.717) is 12.1 Å². The van der Waals surface area contributed by atoms with Crippen LogP contribution in [0.15, 0.2) is 42.9 Å². The van der Waals surface area contributed by atoms with Crippen LogP contribution in [0.4, 0.5) is 5.69 Å². The van der Waals surface area contributed by atoms with Crippen molar-refractivity contribution in [3.63, 3.8) is 0 Å². The molecule has 2 atom stereocenters. The molecule has 1 aliphatic rings. The summed E-state index contributed by atoms with van der Waals surface area (Å²) in [6.45, 7) is 2.57. The molecule has 1 saturated carbocycles. The number of anilines is 1. The first-order valence-electron chi connectivity index (χ1n) is 9.72. The molecule has 1 aromatic carbocycles. The van der Waals surface area contributed by atoms with Crippen molar-refractivity contribution in [3.05, 3.63) is 59.5 Å². The molecule has 1 amide bonds. The van der Waals surface area contributed by atoms with Gasteiger partial charge < -0.3 is 15.7 Å². The number of hydrogen-bond acceptors (Lipinski definition) is 5. The Kier molecular flexibility index (Phi) is 5.25. The number of aliphatic hydroxyl groups is 1. The van der Waals surface area contributed by atoms with Crippen molar-refractivity contribution in [1.82, 2.24) is 19.9 Å². The summed E-state index contributed by atoms with van der Waals surface area (Å²) in [5.41, 5.74) is 4.34. The minimum absolute atomic E-state index is 0.147. The molecule has 3 aromatic rings. The van der Waals surface area contributed by atoms with Gasteiger partial charge in [-0.2, -0.15) is 5.10 Å². The number of nitrogens with one attached hydrogen (secondary N) is 2. The van der Waals surface area contributed by atoms with Crippen LogP contribution < -0.4 is 10.6 Å². The van der Waals surface area contributed by atoms with Gasteiger partial charge in [-0.05, 0) is 43.5 Å². The highest BCUT2D eigenvalue weighted by Crippen LogP contribution is 2.21. The van der Waals surface area contributed by atoms with Gasteiger partial charge in [-0.15, -0.1) is 0 Å². The molecule has 2 aromatic heterocycles. The summed E-state index contributed by atoms with van der Waals surface area (Å²) in [6.07, 6.45) is 8.58. The SMILES string of the molecule is Cc1ccc(C(=O)N[C@H]2CCCC[C@@H]2O)cc1NCc1cnn2cccnc12. The van der Waals surface area contributed by atoms with Crippen molar-refractivity contribution in [1.29, 1.82) is 0 Å². The van der Waals surface area contributed by atoms with E-state index in [4.69, 9.17) is 0 Å². The third kappa shape index (κ3) is 3.84. The number of fused-ring (bicyclic) bond motifs is 1. The largest absolute Gasteiger partial charge is 0.391 e. The Bertz CT molecular complexity index is 984. The predicted octanol–water partition coefficient (Wildman–Crippen LogP) is 2.68. The van der Waals surface area contributed by atoms with E-state index in [1.165, 1.54) is 0 Å². The van der Waals surface area contributed by atoms with Crippen molar-refractivity contribution < 1.29 is 9.90 Å². The summed E-state index contributed by atoms with van der Waals surface area (Å²) < 4.78 is 1.74. The first kappa shape index (κ1) is 18.4. The van der Waals surface area contributed by atoms with Crippen LogP contribution in [-0.2, 0) is 6.54 Å². The highest BCUT2D eigenvalue weighted by atomic mass is 16.3. The van der Waals surface area contributed by atoms with Crippen LogP contribution in [0, 0.1) is 6.92 Å². The number of aryl methyl sites for hydroxylation is 1. The fraction of sp³-hybridized carbons (Fsp3) is 0.381. The number of rotatable bonds is 5. The number of aromatic nitrogens is 3. The lowest BCUT2D eigenvalue weighted by molar-refractivity contribution is 0.0717. The van der Waals surface area contributed by atoms with Crippen LogP contribution in [0.25, 0.3) is 5.65 Å².